The van der Waals surface area contributed by atoms with E-state index in [1.807, 2.05) is 6.07 Å². The van der Waals surface area contributed by atoms with Gasteiger partial charge in [-0.1, -0.05) is 20.8 Å². The Morgan fingerprint density at radius 1 is 1.16 bits per heavy atom. The van der Waals surface area contributed by atoms with Gasteiger partial charge < -0.3 is 5.73 Å². The zero-order chi connectivity index (χ0) is 14.2. The van der Waals surface area contributed by atoms with Crippen molar-refractivity contribution in [2.24, 2.45) is 0 Å². The van der Waals surface area contributed by atoms with Gasteiger partial charge in [0, 0.05) is 5.56 Å². The molecule has 0 spiro atoms. The number of anilines is 1. The topological polar surface area (TPSA) is 38.9 Å². The van der Waals surface area contributed by atoms with Crippen molar-refractivity contribution >= 4 is 28.3 Å². The standard InChI is InChI=1S/C15H16FIN2/c1-15(2,3)11-8-12(19-14(17)13(11)18)9-4-6-10(16)7-5-9/h4-8H,18H2,1-3H3. The van der Waals surface area contributed by atoms with E-state index >= 15 is 0 Å². The van der Waals surface area contributed by atoms with Gasteiger partial charge in [0.2, 0.25) is 0 Å². The van der Waals surface area contributed by atoms with E-state index in [0.29, 0.717) is 0 Å². The normalized spacial score (nSPS) is 11.6. The largest absolute Gasteiger partial charge is 0.396 e. The molecule has 2 rings (SSSR count). The van der Waals surface area contributed by atoms with E-state index in [0.717, 1.165) is 26.2 Å². The van der Waals surface area contributed by atoms with Crippen molar-refractivity contribution in [1.82, 2.24) is 4.98 Å². The molecule has 0 aliphatic rings. The lowest BCUT2D eigenvalue weighted by Crippen LogP contribution is -2.16. The van der Waals surface area contributed by atoms with Crippen LogP contribution in [0.2, 0.25) is 0 Å². The summed E-state index contributed by atoms with van der Waals surface area (Å²) < 4.78 is 13.8. The van der Waals surface area contributed by atoms with Gasteiger partial charge in [0.05, 0.1) is 11.4 Å². The van der Waals surface area contributed by atoms with Crippen molar-refractivity contribution in [2.75, 3.05) is 5.73 Å². The summed E-state index contributed by atoms with van der Waals surface area (Å²) in [5, 5.41) is 0. The molecule has 1 aromatic carbocycles. The number of nitrogens with zero attached hydrogens (tertiary/aromatic N) is 1. The SMILES string of the molecule is CC(C)(C)c1cc(-c2ccc(F)cc2)nc(I)c1N. The molecule has 0 fully saturated rings. The number of pyridine rings is 1. The van der Waals surface area contributed by atoms with Crippen LogP contribution in [0.15, 0.2) is 30.3 Å². The van der Waals surface area contributed by atoms with Crippen LogP contribution >= 0.6 is 22.6 Å². The number of hydrogen-bond donors (Lipinski definition) is 1. The average Bonchev–Trinajstić information content (AvgIpc) is 2.32. The van der Waals surface area contributed by atoms with Crippen LogP contribution in [-0.2, 0) is 5.41 Å². The molecular weight excluding hydrogens is 354 g/mol. The molecule has 100 valence electrons. The third-order valence-electron chi connectivity index (χ3n) is 2.96. The average molecular weight is 370 g/mol. The van der Waals surface area contributed by atoms with Crippen molar-refractivity contribution in [3.63, 3.8) is 0 Å². The highest BCUT2D eigenvalue weighted by Gasteiger charge is 2.20. The Bertz CT molecular complexity index is 601. The van der Waals surface area contributed by atoms with Crippen molar-refractivity contribution in [1.29, 1.82) is 0 Å². The molecule has 2 N–H and O–H groups in total. The smallest absolute Gasteiger partial charge is 0.125 e. The Balaban J connectivity index is 2.60. The summed E-state index contributed by atoms with van der Waals surface area (Å²) in [6.45, 7) is 6.34. The van der Waals surface area contributed by atoms with Crippen LogP contribution in [0.25, 0.3) is 11.3 Å². The van der Waals surface area contributed by atoms with E-state index in [9.17, 15) is 4.39 Å². The van der Waals surface area contributed by atoms with Gasteiger partial charge >= 0.3 is 0 Å². The van der Waals surface area contributed by atoms with Gasteiger partial charge in [-0.15, -0.1) is 0 Å². The molecule has 2 nitrogen and oxygen atoms in total. The lowest BCUT2D eigenvalue weighted by atomic mass is 9.85. The van der Waals surface area contributed by atoms with Gasteiger partial charge in [-0.2, -0.15) is 0 Å². The van der Waals surface area contributed by atoms with E-state index in [1.54, 1.807) is 12.1 Å². The summed E-state index contributed by atoms with van der Waals surface area (Å²) in [5.41, 5.74) is 9.55. The Labute approximate surface area is 126 Å². The summed E-state index contributed by atoms with van der Waals surface area (Å²) in [5.74, 6) is -0.245. The molecule has 0 saturated carbocycles. The van der Waals surface area contributed by atoms with E-state index in [4.69, 9.17) is 5.73 Å². The van der Waals surface area contributed by atoms with Crippen LogP contribution in [0.1, 0.15) is 26.3 Å². The first-order valence-electron chi connectivity index (χ1n) is 6.01. The third-order valence-corrected chi connectivity index (χ3v) is 3.78. The van der Waals surface area contributed by atoms with Crippen molar-refractivity contribution < 1.29 is 4.39 Å². The third kappa shape index (κ3) is 3.05. The Morgan fingerprint density at radius 3 is 2.26 bits per heavy atom. The maximum Gasteiger partial charge on any atom is 0.125 e. The van der Waals surface area contributed by atoms with Crippen LogP contribution < -0.4 is 5.73 Å². The van der Waals surface area contributed by atoms with Crippen molar-refractivity contribution in [3.05, 3.63) is 45.4 Å². The monoisotopic (exact) mass is 370 g/mol. The zero-order valence-corrected chi connectivity index (χ0v) is 13.3. The van der Waals surface area contributed by atoms with E-state index < -0.39 is 0 Å². The first kappa shape index (κ1) is 14.2. The van der Waals surface area contributed by atoms with Crippen molar-refractivity contribution in [3.8, 4) is 11.3 Å². The second-order valence-electron chi connectivity index (χ2n) is 5.52. The highest BCUT2D eigenvalue weighted by atomic mass is 127. The Kier molecular flexibility index (Phi) is 3.80. The second kappa shape index (κ2) is 5.07. The first-order valence-corrected chi connectivity index (χ1v) is 7.09. The van der Waals surface area contributed by atoms with Crippen LogP contribution in [-0.4, -0.2) is 4.98 Å². The number of aromatic nitrogens is 1. The second-order valence-corrected chi connectivity index (χ2v) is 6.54. The minimum Gasteiger partial charge on any atom is -0.396 e. The van der Waals surface area contributed by atoms with Crippen molar-refractivity contribution in [2.45, 2.75) is 26.2 Å². The zero-order valence-electron chi connectivity index (χ0n) is 11.2. The minimum absolute atomic E-state index is 0.0538. The van der Waals surface area contributed by atoms with Crippen LogP contribution in [0.3, 0.4) is 0 Å². The maximum absolute atomic E-state index is 13.0. The summed E-state index contributed by atoms with van der Waals surface area (Å²) >= 11 is 2.14. The van der Waals surface area contributed by atoms with Gasteiger partial charge in [-0.05, 0) is 63.9 Å². The Morgan fingerprint density at radius 2 is 1.74 bits per heavy atom. The molecule has 0 radical (unpaired) electrons. The Hall–Kier alpha value is -1.17. The quantitative estimate of drug-likeness (QED) is 0.598. The summed E-state index contributed by atoms with van der Waals surface area (Å²) in [4.78, 5) is 4.49. The molecule has 0 atom stereocenters. The molecule has 0 amide bonds. The predicted octanol–water partition coefficient (Wildman–Crippen LogP) is 4.37. The molecule has 0 saturated heterocycles. The number of halogens is 2. The summed E-state index contributed by atoms with van der Waals surface area (Å²) in [6.07, 6.45) is 0. The highest BCUT2D eigenvalue weighted by Crippen LogP contribution is 2.33. The van der Waals surface area contributed by atoms with E-state index in [2.05, 4.69) is 48.3 Å². The van der Waals surface area contributed by atoms with Gasteiger partial charge in [-0.25, -0.2) is 9.37 Å². The molecule has 1 heterocycles. The van der Waals surface area contributed by atoms with Crippen LogP contribution in [0, 0.1) is 9.52 Å². The molecule has 0 aliphatic heterocycles. The molecule has 4 heteroatoms. The molecule has 0 aliphatic carbocycles. The predicted molar refractivity (Wildman–Crippen MR) is 85.5 cm³/mol. The number of benzene rings is 1. The number of nitrogen functional groups attached to an aromatic ring is 1. The minimum atomic E-state index is -0.245. The fraction of sp³-hybridized carbons (Fsp3) is 0.267. The van der Waals surface area contributed by atoms with E-state index in [1.165, 1.54) is 12.1 Å². The molecule has 1 aromatic heterocycles. The van der Waals surface area contributed by atoms with Crippen LogP contribution in [0.5, 0.6) is 0 Å². The number of nitrogens with two attached hydrogens (primary N) is 1. The lowest BCUT2D eigenvalue weighted by Gasteiger charge is -2.22. The van der Waals surface area contributed by atoms with Gasteiger partial charge in [0.25, 0.3) is 0 Å². The first-order chi connectivity index (χ1) is 8.79. The van der Waals surface area contributed by atoms with E-state index in [-0.39, 0.29) is 11.2 Å². The molecule has 19 heavy (non-hydrogen) atoms. The molecule has 0 bridgehead atoms. The van der Waals surface area contributed by atoms with Gasteiger partial charge in [0.15, 0.2) is 0 Å². The molecular formula is C15H16FIN2. The lowest BCUT2D eigenvalue weighted by molar-refractivity contribution is 0.591. The maximum atomic E-state index is 13.0. The summed E-state index contributed by atoms with van der Waals surface area (Å²) in [6, 6.07) is 8.34. The fourth-order valence-corrected chi connectivity index (χ4v) is 2.46. The number of rotatable bonds is 1. The molecule has 2 aromatic rings. The fourth-order valence-electron chi connectivity index (χ4n) is 1.91. The summed E-state index contributed by atoms with van der Waals surface area (Å²) in [7, 11) is 0. The highest BCUT2D eigenvalue weighted by molar-refractivity contribution is 14.1. The van der Waals surface area contributed by atoms with Gasteiger partial charge in [-0.3, -0.25) is 0 Å². The molecule has 0 unspecified atom stereocenters. The number of hydrogen-bond acceptors (Lipinski definition) is 2. The van der Waals surface area contributed by atoms with Gasteiger partial charge in [0.1, 0.15) is 9.52 Å². The van der Waals surface area contributed by atoms with Crippen LogP contribution in [0.4, 0.5) is 10.1 Å².